The molecule has 0 aliphatic heterocycles. The summed E-state index contributed by atoms with van der Waals surface area (Å²) in [5.74, 6) is -0.946. The van der Waals surface area contributed by atoms with Crippen LogP contribution in [0.3, 0.4) is 0 Å². The van der Waals surface area contributed by atoms with E-state index in [0.29, 0.717) is 0 Å². The zero-order valence-electron chi connectivity index (χ0n) is 19.1. The number of carbonyl (C=O) groups is 1. The number of carboxylic acids is 1. The SMILES string of the molecule is O=C(O)C=Cc1ccc(-c2ccc(/C=C/c3ccc4cc(-c5ccccc5)ccc4c3)cc2)cc1. The maximum absolute atomic E-state index is 10.7. The van der Waals surface area contributed by atoms with Gasteiger partial charge in [0.1, 0.15) is 0 Å². The van der Waals surface area contributed by atoms with Crippen LogP contribution >= 0.6 is 0 Å². The van der Waals surface area contributed by atoms with Crippen LogP contribution in [0.5, 0.6) is 0 Å². The number of aliphatic carboxylic acids is 1. The van der Waals surface area contributed by atoms with E-state index in [9.17, 15) is 4.79 Å². The Bertz CT molecular complexity index is 1520. The summed E-state index contributed by atoms with van der Waals surface area (Å²) in [7, 11) is 0. The third-order valence-electron chi connectivity index (χ3n) is 6.01. The van der Waals surface area contributed by atoms with E-state index in [0.717, 1.165) is 28.3 Å². The summed E-state index contributed by atoms with van der Waals surface area (Å²) in [5, 5.41) is 11.2. The molecule has 0 radical (unpaired) electrons. The topological polar surface area (TPSA) is 37.3 Å². The third-order valence-corrected chi connectivity index (χ3v) is 6.01. The summed E-state index contributed by atoms with van der Waals surface area (Å²) in [6.07, 6.45) is 7.01. The molecule has 0 heterocycles. The summed E-state index contributed by atoms with van der Waals surface area (Å²) in [6, 6.07) is 39.9. The predicted octanol–water partition coefficient (Wildman–Crippen LogP) is 8.44. The highest BCUT2D eigenvalue weighted by Crippen LogP contribution is 2.26. The second-order valence-electron chi connectivity index (χ2n) is 8.44. The summed E-state index contributed by atoms with van der Waals surface area (Å²) in [5.41, 5.74) is 7.84. The smallest absolute Gasteiger partial charge is 0.328 e. The van der Waals surface area contributed by atoms with Crippen molar-refractivity contribution in [2.75, 3.05) is 0 Å². The second kappa shape index (κ2) is 10.1. The molecule has 5 aromatic rings. The molecule has 0 amide bonds. The molecule has 5 rings (SSSR count). The number of carboxylic acid groups (broad SMARTS) is 1. The van der Waals surface area contributed by atoms with Gasteiger partial charge in [0.2, 0.25) is 0 Å². The van der Waals surface area contributed by atoms with Crippen molar-refractivity contribution in [3.8, 4) is 22.3 Å². The summed E-state index contributed by atoms with van der Waals surface area (Å²) in [4.78, 5) is 10.7. The molecule has 0 bridgehead atoms. The van der Waals surface area contributed by atoms with Crippen molar-refractivity contribution in [2.45, 2.75) is 0 Å². The fourth-order valence-electron chi connectivity index (χ4n) is 4.11. The molecule has 0 saturated heterocycles. The zero-order valence-corrected chi connectivity index (χ0v) is 19.1. The van der Waals surface area contributed by atoms with Gasteiger partial charge in [0.05, 0.1) is 0 Å². The van der Waals surface area contributed by atoms with Crippen LogP contribution in [0.1, 0.15) is 16.7 Å². The lowest BCUT2D eigenvalue weighted by Crippen LogP contribution is -1.85. The van der Waals surface area contributed by atoms with Gasteiger partial charge < -0.3 is 5.11 Å². The Kier molecular flexibility index (Phi) is 6.36. The summed E-state index contributed by atoms with van der Waals surface area (Å²) in [6.45, 7) is 0. The molecule has 5 aromatic carbocycles. The highest BCUT2D eigenvalue weighted by Gasteiger charge is 2.01. The minimum Gasteiger partial charge on any atom is -0.478 e. The van der Waals surface area contributed by atoms with Crippen LogP contribution < -0.4 is 0 Å². The molecule has 0 unspecified atom stereocenters. The van der Waals surface area contributed by atoms with Crippen LogP contribution in [0.25, 0.3) is 51.3 Å². The number of hydrogen-bond donors (Lipinski definition) is 1. The quantitative estimate of drug-likeness (QED) is 0.207. The third kappa shape index (κ3) is 5.45. The Balaban J connectivity index is 1.29. The fraction of sp³-hybridized carbons (Fsp3) is 0. The molecule has 0 aliphatic carbocycles. The van der Waals surface area contributed by atoms with Crippen molar-refractivity contribution in [3.63, 3.8) is 0 Å². The normalized spacial score (nSPS) is 11.4. The van der Waals surface area contributed by atoms with Crippen molar-refractivity contribution in [2.24, 2.45) is 0 Å². The van der Waals surface area contributed by atoms with E-state index in [4.69, 9.17) is 5.11 Å². The molecule has 2 nitrogen and oxygen atoms in total. The van der Waals surface area contributed by atoms with Gasteiger partial charge in [-0.25, -0.2) is 4.79 Å². The lowest BCUT2D eigenvalue weighted by Gasteiger charge is -2.05. The average Bonchev–Trinajstić information content (AvgIpc) is 2.91. The minimum atomic E-state index is -0.946. The molecule has 168 valence electrons. The Morgan fingerprint density at radius 3 is 1.63 bits per heavy atom. The van der Waals surface area contributed by atoms with Crippen LogP contribution in [0.15, 0.2) is 121 Å². The lowest BCUT2D eigenvalue weighted by atomic mass is 9.99. The molecule has 1 N–H and O–H groups in total. The van der Waals surface area contributed by atoms with Crippen molar-refractivity contribution >= 4 is 35.0 Å². The van der Waals surface area contributed by atoms with Gasteiger partial charge in [-0.1, -0.05) is 115 Å². The molecule has 0 saturated carbocycles. The standard InChI is InChI=1S/C33H24O2/c34-33(35)21-13-25-10-16-29(17-11-25)28-14-8-24(9-15-28)6-7-26-12-18-32-23-31(20-19-30(32)22-26)27-4-2-1-3-5-27/h1-23H,(H,34,35)/b7-6+,21-13?. The van der Waals surface area contributed by atoms with Gasteiger partial charge in [0.25, 0.3) is 0 Å². The molecule has 0 fully saturated rings. The number of fused-ring (bicyclic) bond motifs is 1. The highest BCUT2D eigenvalue weighted by atomic mass is 16.4. The van der Waals surface area contributed by atoms with E-state index in [-0.39, 0.29) is 0 Å². The number of hydrogen-bond acceptors (Lipinski definition) is 1. The Morgan fingerprint density at radius 2 is 0.971 bits per heavy atom. The molecular weight excluding hydrogens is 428 g/mol. The van der Waals surface area contributed by atoms with E-state index in [1.165, 1.54) is 27.5 Å². The highest BCUT2D eigenvalue weighted by molar-refractivity contribution is 5.90. The Morgan fingerprint density at radius 1 is 0.486 bits per heavy atom. The number of benzene rings is 5. The van der Waals surface area contributed by atoms with Crippen molar-refractivity contribution < 1.29 is 9.90 Å². The summed E-state index contributed by atoms with van der Waals surface area (Å²) >= 11 is 0. The van der Waals surface area contributed by atoms with Crippen LogP contribution in [0.4, 0.5) is 0 Å². The van der Waals surface area contributed by atoms with Crippen molar-refractivity contribution in [3.05, 3.63) is 138 Å². The maximum Gasteiger partial charge on any atom is 0.328 e. The van der Waals surface area contributed by atoms with Gasteiger partial charge >= 0.3 is 5.97 Å². The molecule has 2 heteroatoms. The predicted molar refractivity (Wildman–Crippen MR) is 147 cm³/mol. The monoisotopic (exact) mass is 452 g/mol. The van der Waals surface area contributed by atoms with E-state index in [1.807, 2.05) is 30.3 Å². The largest absolute Gasteiger partial charge is 0.478 e. The fourth-order valence-corrected chi connectivity index (χ4v) is 4.11. The minimum absolute atomic E-state index is 0.863. The van der Waals surface area contributed by atoms with Crippen molar-refractivity contribution in [1.82, 2.24) is 0 Å². The van der Waals surface area contributed by atoms with E-state index in [2.05, 4.69) is 97.1 Å². The number of rotatable bonds is 6. The van der Waals surface area contributed by atoms with Gasteiger partial charge in [-0.15, -0.1) is 0 Å². The van der Waals surface area contributed by atoms with E-state index in [1.54, 1.807) is 6.08 Å². The second-order valence-corrected chi connectivity index (χ2v) is 8.44. The van der Waals surface area contributed by atoms with Crippen LogP contribution in [-0.4, -0.2) is 11.1 Å². The van der Waals surface area contributed by atoms with Gasteiger partial charge in [-0.2, -0.15) is 0 Å². The van der Waals surface area contributed by atoms with Gasteiger partial charge in [-0.3, -0.25) is 0 Å². The van der Waals surface area contributed by atoms with Gasteiger partial charge in [-0.05, 0) is 67.9 Å². The van der Waals surface area contributed by atoms with Gasteiger partial charge in [0, 0.05) is 6.08 Å². The first-order valence-corrected chi connectivity index (χ1v) is 11.5. The van der Waals surface area contributed by atoms with Crippen LogP contribution in [-0.2, 0) is 4.79 Å². The van der Waals surface area contributed by atoms with E-state index < -0.39 is 5.97 Å². The van der Waals surface area contributed by atoms with Crippen LogP contribution in [0.2, 0.25) is 0 Å². The first-order chi connectivity index (χ1) is 17.1. The lowest BCUT2D eigenvalue weighted by molar-refractivity contribution is -0.131. The molecule has 0 aliphatic rings. The van der Waals surface area contributed by atoms with Crippen molar-refractivity contribution in [1.29, 1.82) is 0 Å². The Hall–Kier alpha value is -4.69. The first kappa shape index (κ1) is 22.1. The maximum atomic E-state index is 10.7. The van der Waals surface area contributed by atoms with Crippen LogP contribution in [0, 0.1) is 0 Å². The Labute approximate surface area is 205 Å². The summed E-state index contributed by atoms with van der Waals surface area (Å²) < 4.78 is 0. The molecule has 35 heavy (non-hydrogen) atoms. The zero-order chi connectivity index (χ0) is 24.0. The average molecular weight is 453 g/mol. The molecule has 0 aromatic heterocycles. The van der Waals surface area contributed by atoms with E-state index >= 15 is 0 Å². The first-order valence-electron chi connectivity index (χ1n) is 11.5. The molecule has 0 atom stereocenters. The molecule has 0 spiro atoms. The molecular formula is C33H24O2. The van der Waals surface area contributed by atoms with Gasteiger partial charge in [0.15, 0.2) is 0 Å².